The number of esters is 1. The van der Waals surface area contributed by atoms with Gasteiger partial charge in [0, 0.05) is 11.8 Å². The summed E-state index contributed by atoms with van der Waals surface area (Å²) in [4.78, 5) is 23.6. The molecule has 0 aliphatic rings. The lowest BCUT2D eigenvalue weighted by Gasteiger charge is -2.22. The molecule has 0 aromatic heterocycles. The average Bonchev–Trinajstić information content (AvgIpc) is 2.71. The van der Waals surface area contributed by atoms with Gasteiger partial charge >= 0.3 is 5.97 Å². The highest BCUT2D eigenvalue weighted by atomic mass is 32.2. The van der Waals surface area contributed by atoms with Crippen LogP contribution in [0.25, 0.3) is 6.08 Å². The fraction of sp³-hybridized carbons (Fsp3) is 0.273. The van der Waals surface area contributed by atoms with Crippen molar-refractivity contribution in [1.82, 2.24) is 4.72 Å². The maximum Gasteiger partial charge on any atom is 0.330 e. The van der Waals surface area contributed by atoms with E-state index in [1.807, 2.05) is 0 Å². The summed E-state index contributed by atoms with van der Waals surface area (Å²) in [6.45, 7) is 5.35. The normalized spacial score (nSPS) is 12.7. The Kier molecular flexibility index (Phi) is 8.47. The van der Waals surface area contributed by atoms with E-state index in [0.717, 1.165) is 12.1 Å². The van der Waals surface area contributed by atoms with Crippen molar-refractivity contribution in [2.24, 2.45) is 5.92 Å². The fourth-order valence-corrected chi connectivity index (χ4v) is 4.06. The molecule has 0 unspecified atom stereocenters. The third-order valence-corrected chi connectivity index (χ3v) is 5.71. The molecular formula is C22H25FN2O5S. The number of sulfonamides is 1. The van der Waals surface area contributed by atoms with Crippen LogP contribution in [0.1, 0.15) is 26.3 Å². The van der Waals surface area contributed by atoms with Crippen molar-refractivity contribution < 1.29 is 27.1 Å². The molecule has 31 heavy (non-hydrogen) atoms. The van der Waals surface area contributed by atoms with Gasteiger partial charge in [-0.05, 0) is 48.7 Å². The van der Waals surface area contributed by atoms with Crippen LogP contribution < -0.4 is 10.0 Å². The molecule has 2 aromatic rings. The number of hydrogen-bond donors (Lipinski definition) is 2. The van der Waals surface area contributed by atoms with E-state index in [0.29, 0.717) is 11.3 Å². The second kappa shape index (κ2) is 10.8. The Morgan fingerprint density at radius 1 is 1.10 bits per heavy atom. The van der Waals surface area contributed by atoms with Gasteiger partial charge in [-0.2, -0.15) is 4.72 Å². The first-order valence-electron chi connectivity index (χ1n) is 9.66. The van der Waals surface area contributed by atoms with Gasteiger partial charge in [-0.15, -0.1) is 0 Å². The summed E-state index contributed by atoms with van der Waals surface area (Å²) in [6.07, 6.45) is 2.87. The van der Waals surface area contributed by atoms with Crippen molar-refractivity contribution >= 4 is 33.7 Å². The summed E-state index contributed by atoms with van der Waals surface area (Å²) >= 11 is 0. The number of amides is 1. The minimum atomic E-state index is -4.24. The molecule has 7 nitrogen and oxygen atoms in total. The Morgan fingerprint density at radius 3 is 2.32 bits per heavy atom. The van der Waals surface area contributed by atoms with Crippen LogP contribution in [0, 0.1) is 11.7 Å². The maximum absolute atomic E-state index is 13.9. The average molecular weight is 449 g/mol. The predicted molar refractivity (Wildman–Crippen MR) is 116 cm³/mol. The van der Waals surface area contributed by atoms with E-state index in [9.17, 15) is 22.4 Å². The highest BCUT2D eigenvalue weighted by molar-refractivity contribution is 7.89. The lowest BCUT2D eigenvalue weighted by atomic mass is 10.0. The summed E-state index contributed by atoms with van der Waals surface area (Å²) in [5.74, 6) is -2.33. The van der Waals surface area contributed by atoms with Crippen molar-refractivity contribution in [3.8, 4) is 0 Å². The van der Waals surface area contributed by atoms with E-state index in [4.69, 9.17) is 4.74 Å². The van der Waals surface area contributed by atoms with Crippen molar-refractivity contribution in [3.05, 3.63) is 66.0 Å². The predicted octanol–water partition coefficient (Wildman–Crippen LogP) is 3.34. The van der Waals surface area contributed by atoms with Crippen molar-refractivity contribution in [3.63, 3.8) is 0 Å². The number of nitrogens with one attached hydrogen (secondary N) is 2. The molecule has 0 aliphatic heterocycles. The van der Waals surface area contributed by atoms with Gasteiger partial charge in [0.05, 0.1) is 6.61 Å². The van der Waals surface area contributed by atoms with Crippen LogP contribution in [-0.4, -0.2) is 32.9 Å². The van der Waals surface area contributed by atoms with E-state index >= 15 is 0 Å². The molecule has 2 rings (SSSR count). The molecule has 0 saturated heterocycles. The number of anilines is 1. The van der Waals surface area contributed by atoms with Crippen LogP contribution in [0.5, 0.6) is 0 Å². The van der Waals surface area contributed by atoms with E-state index in [1.165, 1.54) is 18.2 Å². The van der Waals surface area contributed by atoms with Crippen molar-refractivity contribution in [1.29, 1.82) is 0 Å². The zero-order chi connectivity index (χ0) is 23.0. The van der Waals surface area contributed by atoms with Crippen LogP contribution in [0.4, 0.5) is 10.1 Å². The standard InChI is InChI=1S/C22H25FN2O5S/c1-4-30-20(26)14-11-16-9-12-17(13-10-16)24-22(27)21(15(2)3)25-31(28,29)19-8-6-5-7-18(19)23/h5-15,21,25H,4H2,1-3H3,(H,24,27)/b14-11+/t21-/m0/s1. The Labute approximate surface area is 181 Å². The number of rotatable bonds is 9. The second-order valence-electron chi connectivity index (χ2n) is 6.97. The van der Waals surface area contributed by atoms with Crippen LogP contribution in [0.3, 0.4) is 0 Å². The van der Waals surface area contributed by atoms with E-state index in [-0.39, 0.29) is 6.61 Å². The minimum absolute atomic E-state index is 0.284. The molecule has 1 atom stereocenters. The maximum atomic E-state index is 13.9. The van der Waals surface area contributed by atoms with Gasteiger partial charge < -0.3 is 10.1 Å². The van der Waals surface area contributed by atoms with Gasteiger partial charge in [0.15, 0.2) is 0 Å². The molecule has 2 N–H and O–H groups in total. The van der Waals surface area contributed by atoms with Gasteiger partial charge in [0.25, 0.3) is 0 Å². The van der Waals surface area contributed by atoms with Crippen molar-refractivity contribution in [2.75, 3.05) is 11.9 Å². The molecule has 0 spiro atoms. The summed E-state index contributed by atoms with van der Waals surface area (Å²) in [6, 6.07) is 10.4. The van der Waals surface area contributed by atoms with Crippen LogP contribution in [0.15, 0.2) is 59.5 Å². The molecule has 0 fully saturated rings. The van der Waals surface area contributed by atoms with Gasteiger partial charge in [0.1, 0.15) is 16.8 Å². The number of halogens is 1. The highest BCUT2D eigenvalue weighted by Crippen LogP contribution is 2.17. The molecular weight excluding hydrogens is 423 g/mol. The topological polar surface area (TPSA) is 102 Å². The van der Waals surface area contributed by atoms with Crippen LogP contribution >= 0.6 is 0 Å². The van der Waals surface area contributed by atoms with Gasteiger partial charge in [-0.1, -0.05) is 38.1 Å². The Bertz CT molecular complexity index is 1050. The second-order valence-corrected chi connectivity index (χ2v) is 8.65. The summed E-state index contributed by atoms with van der Waals surface area (Å²) < 4.78 is 46.1. The molecule has 0 saturated carbocycles. The molecule has 166 valence electrons. The first-order valence-corrected chi connectivity index (χ1v) is 11.1. The summed E-state index contributed by atoms with van der Waals surface area (Å²) in [5, 5.41) is 2.65. The molecule has 1 amide bonds. The molecule has 9 heteroatoms. The first-order chi connectivity index (χ1) is 14.6. The Hall–Kier alpha value is -3.04. The van der Waals surface area contributed by atoms with E-state index < -0.39 is 44.6 Å². The largest absolute Gasteiger partial charge is 0.463 e. The van der Waals surface area contributed by atoms with Crippen molar-refractivity contribution in [2.45, 2.75) is 31.7 Å². The number of ether oxygens (including phenoxy) is 1. The van der Waals surface area contributed by atoms with E-state index in [2.05, 4.69) is 10.0 Å². The number of hydrogen-bond acceptors (Lipinski definition) is 5. The molecule has 0 heterocycles. The quantitative estimate of drug-likeness (QED) is 0.453. The molecule has 0 aliphatic carbocycles. The highest BCUT2D eigenvalue weighted by Gasteiger charge is 2.29. The summed E-state index contributed by atoms with van der Waals surface area (Å²) in [5.41, 5.74) is 1.15. The first kappa shape index (κ1) is 24.2. The number of carbonyl (C=O) groups is 2. The lowest BCUT2D eigenvalue weighted by Crippen LogP contribution is -2.47. The van der Waals surface area contributed by atoms with Crippen LogP contribution in [0.2, 0.25) is 0 Å². The number of carbonyl (C=O) groups excluding carboxylic acids is 2. The molecule has 0 bridgehead atoms. The monoisotopic (exact) mass is 448 g/mol. The minimum Gasteiger partial charge on any atom is -0.463 e. The van der Waals surface area contributed by atoms with Gasteiger partial charge in [0.2, 0.25) is 15.9 Å². The van der Waals surface area contributed by atoms with Gasteiger partial charge in [-0.3, -0.25) is 4.79 Å². The smallest absolute Gasteiger partial charge is 0.330 e. The number of benzene rings is 2. The zero-order valence-corrected chi connectivity index (χ0v) is 18.3. The Morgan fingerprint density at radius 2 is 1.74 bits per heavy atom. The third-order valence-electron chi connectivity index (χ3n) is 4.23. The fourth-order valence-electron chi connectivity index (χ4n) is 2.64. The molecule has 0 radical (unpaired) electrons. The Balaban J connectivity index is 2.11. The zero-order valence-electron chi connectivity index (χ0n) is 17.5. The lowest BCUT2D eigenvalue weighted by molar-refractivity contribution is -0.137. The third kappa shape index (κ3) is 7.01. The van der Waals surface area contributed by atoms with E-state index in [1.54, 1.807) is 51.1 Å². The van der Waals surface area contributed by atoms with Gasteiger partial charge in [-0.25, -0.2) is 17.6 Å². The van der Waals surface area contributed by atoms with Crippen LogP contribution in [-0.2, 0) is 24.3 Å². The molecule has 2 aromatic carbocycles. The summed E-state index contributed by atoms with van der Waals surface area (Å²) in [7, 11) is -4.24. The SMILES string of the molecule is CCOC(=O)/C=C/c1ccc(NC(=O)[C@@H](NS(=O)(=O)c2ccccc2F)C(C)C)cc1.